The van der Waals surface area contributed by atoms with Crippen molar-refractivity contribution in [2.24, 2.45) is 0 Å². The molecule has 3 aromatic rings. The van der Waals surface area contributed by atoms with Gasteiger partial charge in [-0.3, -0.25) is 0 Å². The number of hydrogen-bond donors (Lipinski definition) is 0. The second kappa shape index (κ2) is 7.39. The lowest BCUT2D eigenvalue weighted by atomic mass is 10.2. The summed E-state index contributed by atoms with van der Waals surface area (Å²) in [5.74, 6) is 1.29. The van der Waals surface area contributed by atoms with Crippen LogP contribution in [0.25, 0.3) is 11.5 Å². The molecule has 2 aromatic heterocycles. The molecule has 0 bridgehead atoms. The Morgan fingerprint density at radius 2 is 2.23 bits per heavy atom. The van der Waals surface area contributed by atoms with E-state index < -0.39 is 0 Å². The zero-order chi connectivity index (χ0) is 15.4. The average Bonchev–Trinajstić information content (AvgIpc) is 3.15. The van der Waals surface area contributed by atoms with Gasteiger partial charge >= 0.3 is 0 Å². The topological polar surface area (TPSA) is 51.8 Å². The van der Waals surface area contributed by atoms with E-state index in [0.717, 1.165) is 34.3 Å². The van der Waals surface area contributed by atoms with Crippen molar-refractivity contribution >= 4 is 39.0 Å². The van der Waals surface area contributed by atoms with Gasteiger partial charge in [0.15, 0.2) is 0 Å². The number of aromatic nitrogens is 3. The van der Waals surface area contributed by atoms with Crippen molar-refractivity contribution in [2.45, 2.75) is 30.7 Å². The van der Waals surface area contributed by atoms with E-state index in [1.165, 1.54) is 16.8 Å². The van der Waals surface area contributed by atoms with Crippen molar-refractivity contribution in [1.29, 1.82) is 0 Å². The Balaban J connectivity index is 1.64. The first-order valence-electron chi connectivity index (χ1n) is 6.90. The van der Waals surface area contributed by atoms with E-state index in [-0.39, 0.29) is 0 Å². The lowest BCUT2D eigenvalue weighted by Crippen LogP contribution is -1.84. The predicted octanol–water partition coefficient (Wildman–Crippen LogP) is 5.20. The number of halogens is 1. The number of thioether (sulfide) groups is 1. The molecular weight excluding hydrogens is 382 g/mol. The van der Waals surface area contributed by atoms with Crippen molar-refractivity contribution in [2.75, 3.05) is 0 Å². The molecule has 114 valence electrons. The average molecular weight is 396 g/mol. The molecule has 0 amide bonds. The molecule has 0 N–H and O–H groups in total. The monoisotopic (exact) mass is 395 g/mol. The largest absolute Gasteiger partial charge is 0.411 e. The van der Waals surface area contributed by atoms with Crippen molar-refractivity contribution in [3.63, 3.8) is 0 Å². The van der Waals surface area contributed by atoms with E-state index in [9.17, 15) is 0 Å². The highest BCUT2D eigenvalue weighted by Crippen LogP contribution is 2.27. The summed E-state index contributed by atoms with van der Waals surface area (Å²) in [7, 11) is 0. The van der Waals surface area contributed by atoms with Gasteiger partial charge in [-0.1, -0.05) is 40.7 Å². The highest BCUT2D eigenvalue weighted by atomic mass is 79.9. The predicted molar refractivity (Wildman–Crippen MR) is 93.1 cm³/mol. The second-order valence-electron chi connectivity index (χ2n) is 4.65. The maximum Gasteiger partial charge on any atom is 0.277 e. The molecule has 22 heavy (non-hydrogen) atoms. The number of hydrogen-bond acceptors (Lipinski definition) is 6. The molecule has 0 atom stereocenters. The SMILES string of the molecule is CCCc1nc(CSc2nnc(-c3cccc(Br)c3)o2)cs1. The molecule has 1 aromatic carbocycles. The molecule has 0 saturated heterocycles. The van der Waals surface area contributed by atoms with Crippen LogP contribution in [0.15, 0.2) is 43.8 Å². The van der Waals surface area contributed by atoms with Gasteiger partial charge < -0.3 is 4.42 Å². The van der Waals surface area contributed by atoms with E-state index >= 15 is 0 Å². The first kappa shape index (κ1) is 15.7. The fourth-order valence-electron chi connectivity index (χ4n) is 1.89. The van der Waals surface area contributed by atoms with E-state index in [2.05, 4.69) is 43.4 Å². The zero-order valence-electron chi connectivity index (χ0n) is 12.0. The Hall–Kier alpha value is -1.18. The molecule has 4 nitrogen and oxygen atoms in total. The van der Waals surface area contributed by atoms with Crippen LogP contribution < -0.4 is 0 Å². The molecule has 2 heterocycles. The summed E-state index contributed by atoms with van der Waals surface area (Å²) in [5, 5.41) is 12.0. The number of benzene rings is 1. The van der Waals surface area contributed by atoms with Gasteiger partial charge in [0.25, 0.3) is 5.22 Å². The molecule has 0 unspecified atom stereocenters. The van der Waals surface area contributed by atoms with Crippen LogP contribution in [0, 0.1) is 0 Å². The molecule has 0 spiro atoms. The van der Waals surface area contributed by atoms with Gasteiger partial charge in [-0.25, -0.2) is 4.98 Å². The van der Waals surface area contributed by atoms with Crippen LogP contribution in [0.5, 0.6) is 0 Å². The summed E-state index contributed by atoms with van der Waals surface area (Å²) in [6.07, 6.45) is 2.17. The van der Waals surface area contributed by atoms with Crippen LogP contribution in [0.1, 0.15) is 24.0 Å². The summed E-state index contributed by atoms with van der Waals surface area (Å²) in [5.41, 5.74) is 1.98. The highest BCUT2D eigenvalue weighted by molar-refractivity contribution is 9.10. The van der Waals surface area contributed by atoms with Crippen LogP contribution in [0.2, 0.25) is 0 Å². The van der Waals surface area contributed by atoms with Gasteiger partial charge in [-0.15, -0.1) is 21.5 Å². The van der Waals surface area contributed by atoms with Gasteiger partial charge in [-0.05, 0) is 31.0 Å². The van der Waals surface area contributed by atoms with E-state index in [1.807, 2.05) is 24.3 Å². The summed E-state index contributed by atoms with van der Waals surface area (Å²) in [6, 6.07) is 7.82. The maximum atomic E-state index is 5.70. The summed E-state index contributed by atoms with van der Waals surface area (Å²) in [6.45, 7) is 2.16. The smallest absolute Gasteiger partial charge is 0.277 e. The maximum absolute atomic E-state index is 5.70. The summed E-state index contributed by atoms with van der Waals surface area (Å²) in [4.78, 5) is 4.59. The lowest BCUT2D eigenvalue weighted by Gasteiger charge is -1.95. The van der Waals surface area contributed by atoms with Gasteiger partial charge in [0, 0.05) is 21.2 Å². The molecule has 3 rings (SSSR count). The van der Waals surface area contributed by atoms with E-state index in [0.29, 0.717) is 11.1 Å². The van der Waals surface area contributed by atoms with E-state index in [1.54, 1.807) is 11.3 Å². The summed E-state index contributed by atoms with van der Waals surface area (Å²) >= 11 is 6.67. The van der Waals surface area contributed by atoms with E-state index in [4.69, 9.17) is 4.42 Å². The van der Waals surface area contributed by atoms with Crippen molar-refractivity contribution in [3.05, 3.63) is 44.8 Å². The van der Waals surface area contributed by atoms with Gasteiger partial charge in [0.1, 0.15) is 0 Å². The third-order valence-corrected chi connectivity index (χ3v) is 5.19. The first-order chi connectivity index (χ1) is 10.7. The van der Waals surface area contributed by atoms with Crippen molar-refractivity contribution in [1.82, 2.24) is 15.2 Å². The molecule has 7 heteroatoms. The normalized spacial score (nSPS) is 11.0. The minimum absolute atomic E-state index is 0.536. The second-order valence-corrected chi connectivity index (χ2v) is 7.44. The summed E-state index contributed by atoms with van der Waals surface area (Å²) < 4.78 is 6.69. The fraction of sp³-hybridized carbons (Fsp3) is 0.267. The number of nitrogens with zero attached hydrogens (tertiary/aromatic N) is 3. The van der Waals surface area contributed by atoms with Crippen LogP contribution in [-0.4, -0.2) is 15.2 Å². The molecule has 0 aliphatic heterocycles. The first-order valence-corrected chi connectivity index (χ1v) is 9.56. The van der Waals surface area contributed by atoms with Gasteiger partial charge in [-0.2, -0.15) is 0 Å². The van der Waals surface area contributed by atoms with Gasteiger partial charge in [0.2, 0.25) is 5.89 Å². The third kappa shape index (κ3) is 3.97. The minimum Gasteiger partial charge on any atom is -0.411 e. The fourth-order valence-corrected chi connectivity index (χ4v) is 3.95. The molecular formula is C15H14BrN3OS2. The van der Waals surface area contributed by atoms with Crippen LogP contribution >= 0.6 is 39.0 Å². The zero-order valence-corrected chi connectivity index (χ0v) is 15.2. The van der Waals surface area contributed by atoms with Crippen LogP contribution in [0.3, 0.4) is 0 Å². The van der Waals surface area contributed by atoms with Crippen LogP contribution in [-0.2, 0) is 12.2 Å². The Bertz CT molecular complexity index is 757. The van der Waals surface area contributed by atoms with Crippen molar-refractivity contribution < 1.29 is 4.42 Å². The lowest BCUT2D eigenvalue weighted by molar-refractivity contribution is 0.466. The van der Waals surface area contributed by atoms with Gasteiger partial charge in [0.05, 0.1) is 10.7 Å². The standard InChI is InChI=1S/C15H14BrN3OS2/c1-2-4-13-17-12(8-21-13)9-22-15-19-18-14(20-15)10-5-3-6-11(16)7-10/h3,5-8H,2,4,9H2,1H3. The number of thiazole rings is 1. The molecule has 0 saturated carbocycles. The number of aryl methyl sites for hydroxylation is 1. The Morgan fingerprint density at radius 3 is 3.05 bits per heavy atom. The Morgan fingerprint density at radius 1 is 1.32 bits per heavy atom. The Kier molecular flexibility index (Phi) is 5.28. The highest BCUT2D eigenvalue weighted by Gasteiger charge is 2.10. The molecule has 0 aliphatic rings. The molecule has 0 radical (unpaired) electrons. The molecule has 0 fully saturated rings. The molecule has 0 aliphatic carbocycles. The third-order valence-electron chi connectivity index (χ3n) is 2.88. The number of rotatable bonds is 6. The minimum atomic E-state index is 0.536. The van der Waals surface area contributed by atoms with Crippen LogP contribution in [0.4, 0.5) is 0 Å². The quantitative estimate of drug-likeness (QED) is 0.536. The Labute approximate surface area is 145 Å². The van der Waals surface area contributed by atoms with Crippen molar-refractivity contribution in [3.8, 4) is 11.5 Å².